The number of ether oxygens (including phenoxy) is 1. The molecule has 0 heterocycles. The number of aliphatic hydroxyl groups is 1. The summed E-state index contributed by atoms with van der Waals surface area (Å²) >= 11 is 0. The van der Waals surface area contributed by atoms with E-state index < -0.39 is 0 Å². The summed E-state index contributed by atoms with van der Waals surface area (Å²) in [5, 5.41) is 9.37. The molecule has 3 N–H and O–H groups in total. The second kappa shape index (κ2) is 8.93. The molecule has 0 aliphatic carbocycles. The van der Waals surface area contributed by atoms with E-state index >= 15 is 0 Å². The number of nitrogens with two attached hydrogens (primary N) is 1. The van der Waals surface area contributed by atoms with Crippen molar-refractivity contribution in [3.63, 3.8) is 0 Å². The molecule has 0 amide bonds. The molecule has 16 heavy (non-hydrogen) atoms. The normalized spacial score (nSPS) is 15.8. The fraction of sp³-hybridized carbons (Fsp3) is 1.00. The summed E-state index contributed by atoms with van der Waals surface area (Å²) in [5.41, 5.74) is 6.09. The van der Waals surface area contributed by atoms with E-state index in [2.05, 4.69) is 18.7 Å². The van der Waals surface area contributed by atoms with Gasteiger partial charge in [0, 0.05) is 25.2 Å². The zero-order chi connectivity index (χ0) is 12.6. The molecule has 0 aromatic rings. The maximum atomic E-state index is 9.37. The van der Waals surface area contributed by atoms with Gasteiger partial charge in [0.15, 0.2) is 0 Å². The smallest absolute Gasteiger partial charge is 0.0601 e. The Morgan fingerprint density at radius 3 is 2.44 bits per heavy atom. The summed E-state index contributed by atoms with van der Waals surface area (Å²) < 4.78 is 5.30. The molecule has 0 aliphatic rings. The van der Waals surface area contributed by atoms with Crippen LogP contribution in [-0.2, 0) is 4.74 Å². The van der Waals surface area contributed by atoms with E-state index in [0.717, 1.165) is 19.6 Å². The first-order valence-corrected chi connectivity index (χ1v) is 6.17. The molecular weight excluding hydrogens is 204 g/mol. The third-order valence-corrected chi connectivity index (χ3v) is 2.78. The average Bonchev–Trinajstić information content (AvgIpc) is 2.18. The molecule has 4 nitrogen and oxygen atoms in total. The predicted molar refractivity (Wildman–Crippen MR) is 67.4 cm³/mol. The predicted octanol–water partition coefficient (Wildman–Crippen LogP) is 0.689. The monoisotopic (exact) mass is 232 g/mol. The second-order valence-corrected chi connectivity index (χ2v) is 4.72. The topological polar surface area (TPSA) is 58.7 Å². The second-order valence-electron chi connectivity index (χ2n) is 4.72. The van der Waals surface area contributed by atoms with Gasteiger partial charge in [-0.15, -0.1) is 0 Å². The van der Waals surface area contributed by atoms with Crippen LogP contribution in [0.5, 0.6) is 0 Å². The van der Waals surface area contributed by atoms with Crippen LogP contribution in [0.15, 0.2) is 0 Å². The van der Waals surface area contributed by atoms with Crippen molar-refractivity contribution in [2.45, 2.75) is 39.3 Å². The number of hydrogen-bond donors (Lipinski definition) is 2. The Balaban J connectivity index is 4.03. The van der Waals surface area contributed by atoms with Crippen LogP contribution in [0.3, 0.4) is 0 Å². The molecule has 0 bridgehead atoms. The van der Waals surface area contributed by atoms with Crippen molar-refractivity contribution < 1.29 is 9.84 Å². The van der Waals surface area contributed by atoms with E-state index in [9.17, 15) is 5.11 Å². The van der Waals surface area contributed by atoms with Crippen molar-refractivity contribution in [3.05, 3.63) is 0 Å². The summed E-state index contributed by atoms with van der Waals surface area (Å²) in [6, 6.07) is 0.0551. The van der Waals surface area contributed by atoms with Crippen molar-refractivity contribution in [2.24, 2.45) is 11.7 Å². The van der Waals surface area contributed by atoms with Crippen LogP contribution in [0.25, 0.3) is 0 Å². The van der Waals surface area contributed by atoms with Crippen molar-refractivity contribution in [2.75, 3.05) is 33.4 Å². The maximum absolute atomic E-state index is 9.37. The summed E-state index contributed by atoms with van der Waals surface area (Å²) in [5.74, 6) is 0.560. The zero-order valence-electron chi connectivity index (χ0n) is 11.1. The van der Waals surface area contributed by atoms with Crippen LogP contribution in [0, 0.1) is 5.92 Å². The summed E-state index contributed by atoms with van der Waals surface area (Å²) in [7, 11) is 1.99. The Morgan fingerprint density at radius 1 is 1.38 bits per heavy atom. The number of aliphatic hydroxyl groups excluding tert-OH is 1. The van der Waals surface area contributed by atoms with Crippen LogP contribution in [0.4, 0.5) is 0 Å². The van der Waals surface area contributed by atoms with E-state index in [-0.39, 0.29) is 18.7 Å². The molecule has 0 saturated heterocycles. The maximum Gasteiger partial charge on any atom is 0.0601 e. The highest BCUT2D eigenvalue weighted by Crippen LogP contribution is 2.10. The van der Waals surface area contributed by atoms with Crippen molar-refractivity contribution in [3.8, 4) is 0 Å². The third-order valence-electron chi connectivity index (χ3n) is 2.78. The molecule has 0 spiro atoms. The number of hydrogen-bond acceptors (Lipinski definition) is 4. The molecular formula is C12H28N2O2. The first-order chi connectivity index (χ1) is 7.52. The molecule has 0 rings (SSSR count). The van der Waals surface area contributed by atoms with Gasteiger partial charge < -0.3 is 15.6 Å². The zero-order valence-corrected chi connectivity index (χ0v) is 11.1. The summed E-state index contributed by atoms with van der Waals surface area (Å²) in [6.07, 6.45) is 0.935. The molecule has 2 unspecified atom stereocenters. The van der Waals surface area contributed by atoms with E-state index in [1.165, 1.54) is 0 Å². The van der Waals surface area contributed by atoms with Crippen LogP contribution >= 0.6 is 0 Å². The molecule has 0 aromatic heterocycles. The number of nitrogens with zero attached hydrogens (tertiary/aromatic N) is 1. The van der Waals surface area contributed by atoms with Gasteiger partial charge in [0.1, 0.15) is 0 Å². The quantitative estimate of drug-likeness (QED) is 0.574. The minimum atomic E-state index is 0.0247. The molecule has 2 atom stereocenters. The lowest BCUT2D eigenvalue weighted by Crippen LogP contribution is -2.49. The molecule has 98 valence electrons. The summed E-state index contributed by atoms with van der Waals surface area (Å²) in [4.78, 5) is 2.09. The van der Waals surface area contributed by atoms with Crippen LogP contribution in [0.2, 0.25) is 0 Å². The van der Waals surface area contributed by atoms with E-state index in [1.807, 2.05) is 14.0 Å². The highest BCUT2D eigenvalue weighted by atomic mass is 16.5. The molecule has 0 aliphatic heterocycles. The Kier molecular flexibility index (Phi) is 8.84. The standard InChI is InChI=1S/C12H28N2O2/c1-5-16-7-6-14(4)12(9-15)11(13)8-10(2)3/h10-12,15H,5-9,13H2,1-4H3. The first-order valence-electron chi connectivity index (χ1n) is 6.17. The number of likely N-dealkylation sites (N-methyl/N-ethyl adjacent to an activating group) is 1. The van der Waals surface area contributed by atoms with Gasteiger partial charge in [0.05, 0.1) is 13.2 Å². The Morgan fingerprint density at radius 2 is 2.00 bits per heavy atom. The van der Waals surface area contributed by atoms with Crippen molar-refractivity contribution in [1.29, 1.82) is 0 Å². The lowest BCUT2D eigenvalue weighted by Gasteiger charge is -2.32. The third kappa shape index (κ3) is 6.43. The van der Waals surface area contributed by atoms with E-state index in [0.29, 0.717) is 12.5 Å². The molecule has 4 heteroatoms. The van der Waals surface area contributed by atoms with E-state index in [1.54, 1.807) is 0 Å². The minimum Gasteiger partial charge on any atom is -0.395 e. The van der Waals surface area contributed by atoms with Gasteiger partial charge in [-0.25, -0.2) is 0 Å². The lowest BCUT2D eigenvalue weighted by molar-refractivity contribution is 0.0748. The van der Waals surface area contributed by atoms with Crippen LogP contribution in [-0.4, -0.2) is 55.5 Å². The van der Waals surface area contributed by atoms with Gasteiger partial charge in [-0.05, 0) is 26.3 Å². The number of rotatable bonds is 9. The van der Waals surface area contributed by atoms with Gasteiger partial charge in [-0.1, -0.05) is 13.8 Å². The van der Waals surface area contributed by atoms with E-state index in [4.69, 9.17) is 10.5 Å². The Labute approximate surface area is 99.8 Å². The summed E-state index contributed by atoms with van der Waals surface area (Å²) in [6.45, 7) is 8.62. The Hall–Kier alpha value is -0.160. The van der Waals surface area contributed by atoms with Gasteiger partial charge in [-0.3, -0.25) is 4.90 Å². The van der Waals surface area contributed by atoms with Crippen molar-refractivity contribution >= 4 is 0 Å². The fourth-order valence-electron chi connectivity index (χ4n) is 1.82. The highest BCUT2D eigenvalue weighted by molar-refractivity contribution is 4.80. The first kappa shape index (κ1) is 15.8. The molecule has 0 saturated carbocycles. The van der Waals surface area contributed by atoms with Crippen LogP contribution in [0.1, 0.15) is 27.2 Å². The van der Waals surface area contributed by atoms with Crippen molar-refractivity contribution in [1.82, 2.24) is 4.90 Å². The average molecular weight is 232 g/mol. The lowest BCUT2D eigenvalue weighted by atomic mass is 9.98. The SMILES string of the molecule is CCOCCN(C)C(CO)C(N)CC(C)C. The molecule has 0 fully saturated rings. The van der Waals surface area contributed by atoms with Gasteiger partial charge >= 0.3 is 0 Å². The Bertz CT molecular complexity index is 165. The van der Waals surface area contributed by atoms with Crippen LogP contribution < -0.4 is 5.73 Å². The van der Waals surface area contributed by atoms with Gasteiger partial charge in [-0.2, -0.15) is 0 Å². The molecule has 0 radical (unpaired) electrons. The van der Waals surface area contributed by atoms with Gasteiger partial charge in [0.2, 0.25) is 0 Å². The highest BCUT2D eigenvalue weighted by Gasteiger charge is 2.21. The minimum absolute atomic E-state index is 0.0247. The molecule has 0 aromatic carbocycles. The fourth-order valence-corrected chi connectivity index (χ4v) is 1.82. The van der Waals surface area contributed by atoms with Gasteiger partial charge in [0.25, 0.3) is 0 Å². The largest absolute Gasteiger partial charge is 0.395 e.